The molecule has 18 heavy (non-hydrogen) atoms. The summed E-state index contributed by atoms with van der Waals surface area (Å²) >= 11 is 0. The van der Waals surface area contributed by atoms with Gasteiger partial charge in [-0.15, -0.1) is 0 Å². The minimum atomic E-state index is -0.476. The van der Waals surface area contributed by atoms with E-state index in [-0.39, 0.29) is 11.6 Å². The van der Waals surface area contributed by atoms with Gasteiger partial charge in [-0.3, -0.25) is 0 Å². The molecule has 0 heterocycles. The van der Waals surface area contributed by atoms with E-state index in [0.29, 0.717) is 13.2 Å². The van der Waals surface area contributed by atoms with Gasteiger partial charge < -0.3 is 15.2 Å². The van der Waals surface area contributed by atoms with Crippen molar-refractivity contribution in [2.24, 2.45) is 0 Å². The SMILES string of the molecule is C[C@H](NC[C@@H](O)COC(C)(C)C)c1ccccc1. The fourth-order valence-electron chi connectivity index (χ4n) is 1.58. The predicted octanol–water partition coefficient (Wildman–Crippen LogP) is 2.51. The second-order valence-corrected chi connectivity index (χ2v) is 5.62. The third kappa shape index (κ3) is 6.15. The molecule has 1 aromatic rings. The number of nitrogens with one attached hydrogen (secondary N) is 1. The first kappa shape index (κ1) is 15.2. The highest BCUT2D eigenvalue weighted by Gasteiger charge is 2.14. The summed E-state index contributed by atoms with van der Waals surface area (Å²) in [5.41, 5.74) is 1.02. The molecule has 0 saturated carbocycles. The van der Waals surface area contributed by atoms with Crippen LogP contribution < -0.4 is 5.32 Å². The van der Waals surface area contributed by atoms with Gasteiger partial charge in [0.2, 0.25) is 0 Å². The van der Waals surface area contributed by atoms with Crippen LogP contribution in [-0.4, -0.2) is 30.0 Å². The first-order valence-corrected chi connectivity index (χ1v) is 6.49. The van der Waals surface area contributed by atoms with E-state index in [4.69, 9.17) is 4.74 Å². The zero-order valence-corrected chi connectivity index (χ0v) is 11.8. The van der Waals surface area contributed by atoms with Gasteiger partial charge in [0.25, 0.3) is 0 Å². The number of rotatable bonds is 6. The van der Waals surface area contributed by atoms with Gasteiger partial charge in [-0.25, -0.2) is 0 Å². The Labute approximate surface area is 110 Å². The summed E-state index contributed by atoms with van der Waals surface area (Å²) in [7, 11) is 0. The largest absolute Gasteiger partial charge is 0.389 e. The van der Waals surface area contributed by atoms with Crippen molar-refractivity contribution in [2.75, 3.05) is 13.2 Å². The average Bonchev–Trinajstić information content (AvgIpc) is 2.33. The normalized spacial score (nSPS) is 15.4. The third-order valence-corrected chi connectivity index (χ3v) is 2.67. The van der Waals surface area contributed by atoms with Crippen LogP contribution in [0.2, 0.25) is 0 Å². The Kier molecular flexibility index (Phi) is 5.79. The average molecular weight is 251 g/mol. The summed E-state index contributed by atoms with van der Waals surface area (Å²) in [6.07, 6.45) is -0.476. The first-order valence-electron chi connectivity index (χ1n) is 6.49. The molecule has 0 unspecified atom stereocenters. The highest BCUT2D eigenvalue weighted by Crippen LogP contribution is 2.11. The Hall–Kier alpha value is -0.900. The van der Waals surface area contributed by atoms with Crippen molar-refractivity contribution >= 4 is 0 Å². The van der Waals surface area contributed by atoms with Gasteiger partial charge >= 0.3 is 0 Å². The molecule has 0 bridgehead atoms. The van der Waals surface area contributed by atoms with E-state index in [0.717, 1.165) is 0 Å². The van der Waals surface area contributed by atoms with Crippen LogP contribution in [0.5, 0.6) is 0 Å². The Morgan fingerprint density at radius 3 is 2.39 bits per heavy atom. The molecule has 0 aliphatic carbocycles. The lowest BCUT2D eigenvalue weighted by Gasteiger charge is -2.23. The second-order valence-electron chi connectivity index (χ2n) is 5.62. The summed E-state index contributed by atoms with van der Waals surface area (Å²) < 4.78 is 5.54. The molecule has 2 atom stereocenters. The van der Waals surface area contributed by atoms with Gasteiger partial charge in [-0.1, -0.05) is 30.3 Å². The van der Waals surface area contributed by atoms with Gasteiger partial charge in [0.15, 0.2) is 0 Å². The molecular weight excluding hydrogens is 226 g/mol. The smallest absolute Gasteiger partial charge is 0.0898 e. The molecule has 0 amide bonds. The monoisotopic (exact) mass is 251 g/mol. The van der Waals surface area contributed by atoms with Crippen molar-refractivity contribution in [2.45, 2.75) is 45.4 Å². The maximum Gasteiger partial charge on any atom is 0.0898 e. The van der Waals surface area contributed by atoms with E-state index in [1.165, 1.54) is 5.56 Å². The number of benzene rings is 1. The van der Waals surface area contributed by atoms with Gasteiger partial charge in [-0.2, -0.15) is 0 Å². The van der Waals surface area contributed by atoms with E-state index in [2.05, 4.69) is 24.4 Å². The lowest BCUT2D eigenvalue weighted by atomic mass is 10.1. The van der Waals surface area contributed by atoms with E-state index in [9.17, 15) is 5.11 Å². The topological polar surface area (TPSA) is 41.5 Å². The van der Waals surface area contributed by atoms with Crippen LogP contribution in [-0.2, 0) is 4.74 Å². The van der Waals surface area contributed by atoms with Crippen LogP contribution in [0.3, 0.4) is 0 Å². The molecule has 102 valence electrons. The van der Waals surface area contributed by atoms with E-state index in [1.807, 2.05) is 39.0 Å². The van der Waals surface area contributed by atoms with Crippen LogP contribution in [0, 0.1) is 0 Å². The molecule has 0 fully saturated rings. The molecule has 0 aliphatic rings. The number of aliphatic hydroxyl groups is 1. The van der Waals surface area contributed by atoms with Gasteiger partial charge in [0.1, 0.15) is 0 Å². The molecule has 2 N–H and O–H groups in total. The third-order valence-electron chi connectivity index (χ3n) is 2.67. The van der Waals surface area contributed by atoms with Crippen molar-refractivity contribution in [3.8, 4) is 0 Å². The van der Waals surface area contributed by atoms with Crippen molar-refractivity contribution in [3.05, 3.63) is 35.9 Å². The quantitative estimate of drug-likeness (QED) is 0.816. The fourth-order valence-corrected chi connectivity index (χ4v) is 1.58. The molecule has 3 heteroatoms. The summed E-state index contributed by atoms with van der Waals surface area (Å²) in [4.78, 5) is 0. The number of aliphatic hydroxyl groups excluding tert-OH is 1. The van der Waals surface area contributed by atoms with Crippen LogP contribution in [0.4, 0.5) is 0 Å². The van der Waals surface area contributed by atoms with Crippen LogP contribution in [0.25, 0.3) is 0 Å². The summed E-state index contributed by atoms with van der Waals surface area (Å²) in [6.45, 7) is 8.94. The van der Waals surface area contributed by atoms with Crippen molar-refractivity contribution in [1.29, 1.82) is 0 Å². The summed E-state index contributed by atoms with van der Waals surface area (Å²) in [5.74, 6) is 0. The lowest BCUT2D eigenvalue weighted by Crippen LogP contribution is -2.34. The Balaban J connectivity index is 2.28. The number of hydrogen-bond acceptors (Lipinski definition) is 3. The van der Waals surface area contributed by atoms with E-state index < -0.39 is 6.10 Å². The Morgan fingerprint density at radius 1 is 1.22 bits per heavy atom. The maximum atomic E-state index is 9.82. The highest BCUT2D eigenvalue weighted by molar-refractivity contribution is 5.17. The minimum Gasteiger partial charge on any atom is -0.389 e. The first-order chi connectivity index (χ1) is 8.38. The number of hydrogen-bond donors (Lipinski definition) is 2. The fraction of sp³-hybridized carbons (Fsp3) is 0.600. The van der Waals surface area contributed by atoms with Crippen LogP contribution >= 0.6 is 0 Å². The molecule has 0 saturated heterocycles. The maximum absolute atomic E-state index is 9.82. The second kappa shape index (κ2) is 6.88. The molecule has 1 rings (SSSR count). The highest BCUT2D eigenvalue weighted by atomic mass is 16.5. The standard InChI is InChI=1S/C15H25NO2/c1-12(13-8-6-5-7-9-13)16-10-14(17)11-18-15(2,3)4/h5-9,12,14,16-17H,10-11H2,1-4H3/t12-,14+/m0/s1. The molecule has 1 aromatic carbocycles. The minimum absolute atomic E-state index is 0.202. The van der Waals surface area contributed by atoms with Gasteiger partial charge in [-0.05, 0) is 33.3 Å². The van der Waals surface area contributed by atoms with Crippen molar-refractivity contribution in [1.82, 2.24) is 5.32 Å². The summed E-state index contributed by atoms with van der Waals surface area (Å²) in [6, 6.07) is 10.4. The molecule has 0 aromatic heterocycles. The predicted molar refractivity (Wildman–Crippen MR) is 74.6 cm³/mol. The summed E-state index contributed by atoms with van der Waals surface area (Å²) in [5, 5.41) is 13.1. The van der Waals surface area contributed by atoms with Crippen LogP contribution in [0.1, 0.15) is 39.3 Å². The van der Waals surface area contributed by atoms with E-state index in [1.54, 1.807) is 0 Å². The molecule has 3 nitrogen and oxygen atoms in total. The van der Waals surface area contributed by atoms with Gasteiger partial charge in [0.05, 0.1) is 18.3 Å². The van der Waals surface area contributed by atoms with E-state index >= 15 is 0 Å². The molecule has 0 radical (unpaired) electrons. The van der Waals surface area contributed by atoms with Crippen LogP contribution in [0.15, 0.2) is 30.3 Å². The molecule has 0 aliphatic heterocycles. The molecule has 0 spiro atoms. The zero-order valence-electron chi connectivity index (χ0n) is 11.8. The Morgan fingerprint density at radius 2 is 1.83 bits per heavy atom. The van der Waals surface area contributed by atoms with Crippen molar-refractivity contribution in [3.63, 3.8) is 0 Å². The molecular formula is C15H25NO2. The lowest BCUT2D eigenvalue weighted by molar-refractivity contribution is -0.0482. The Bertz CT molecular complexity index is 332. The number of ether oxygens (including phenoxy) is 1. The van der Waals surface area contributed by atoms with Crippen molar-refractivity contribution < 1.29 is 9.84 Å². The zero-order chi connectivity index (χ0) is 13.6. The van der Waals surface area contributed by atoms with Gasteiger partial charge in [0, 0.05) is 12.6 Å².